The standard InChI is InChI=1S/C7H8N2O4.2Na/c1-13-5(10)2-4-6(11)8-3-9-7(4)12;;/h3H,2H2,1H3,(H2,8,9,11,12);;/q;2*+1/p-2. The average Bonchev–Trinajstić information content (AvgIpc) is 2.11. The van der Waals surface area contributed by atoms with Crippen molar-refractivity contribution >= 4 is 5.97 Å². The van der Waals surface area contributed by atoms with E-state index in [4.69, 9.17) is 0 Å². The molecule has 0 aliphatic rings. The number of aromatic nitrogens is 2. The molecule has 6 nitrogen and oxygen atoms in total. The fourth-order valence-electron chi connectivity index (χ4n) is 0.749. The van der Waals surface area contributed by atoms with E-state index in [0.717, 1.165) is 6.33 Å². The Kier molecular flexibility index (Phi) is 9.73. The molecule has 1 heterocycles. The monoisotopic (exact) mass is 228 g/mol. The van der Waals surface area contributed by atoms with Crippen molar-refractivity contribution in [2.24, 2.45) is 0 Å². The van der Waals surface area contributed by atoms with Crippen molar-refractivity contribution in [1.29, 1.82) is 0 Å². The first-order valence-corrected chi connectivity index (χ1v) is 3.40. The topological polar surface area (TPSA) is 98.2 Å². The first kappa shape index (κ1) is 17.5. The van der Waals surface area contributed by atoms with E-state index >= 15 is 0 Å². The molecule has 0 unspecified atom stereocenters. The van der Waals surface area contributed by atoms with Gasteiger partial charge < -0.3 is 14.9 Å². The van der Waals surface area contributed by atoms with E-state index in [2.05, 4.69) is 14.7 Å². The molecule has 0 aromatic carbocycles. The number of esters is 1. The van der Waals surface area contributed by atoms with Gasteiger partial charge in [0.25, 0.3) is 0 Å². The van der Waals surface area contributed by atoms with Crippen LogP contribution in [0.3, 0.4) is 0 Å². The zero-order valence-electron chi connectivity index (χ0n) is 8.81. The Morgan fingerprint density at radius 1 is 1.33 bits per heavy atom. The zero-order chi connectivity index (χ0) is 9.84. The number of hydrogen-bond acceptors (Lipinski definition) is 6. The summed E-state index contributed by atoms with van der Waals surface area (Å²) in [4.78, 5) is 17.2. The van der Waals surface area contributed by atoms with Gasteiger partial charge in [-0.3, -0.25) is 14.8 Å². The molecular weight excluding hydrogens is 222 g/mol. The molecule has 1 aromatic heterocycles. The molecule has 0 amide bonds. The number of methoxy groups -OCH3 is 1. The van der Waals surface area contributed by atoms with Crippen LogP contribution in [0.15, 0.2) is 6.33 Å². The predicted molar refractivity (Wildman–Crippen MR) is 36.6 cm³/mol. The molecular formula is C7H6N2Na2O4. The quantitative estimate of drug-likeness (QED) is 0.368. The van der Waals surface area contributed by atoms with Gasteiger partial charge in [0.05, 0.1) is 13.5 Å². The molecule has 0 saturated carbocycles. The van der Waals surface area contributed by atoms with E-state index in [1.807, 2.05) is 0 Å². The van der Waals surface area contributed by atoms with E-state index in [0.29, 0.717) is 0 Å². The van der Waals surface area contributed by atoms with Crippen LogP contribution in [0.2, 0.25) is 0 Å². The molecule has 8 heteroatoms. The molecule has 0 spiro atoms. The molecule has 15 heavy (non-hydrogen) atoms. The summed E-state index contributed by atoms with van der Waals surface area (Å²) in [6.07, 6.45) is 0.487. The smallest absolute Gasteiger partial charge is 0.858 e. The van der Waals surface area contributed by atoms with Gasteiger partial charge in [-0.2, -0.15) is 0 Å². The van der Waals surface area contributed by atoms with Crippen molar-refractivity contribution in [1.82, 2.24) is 9.97 Å². The van der Waals surface area contributed by atoms with Gasteiger partial charge in [-0.05, 0) is 17.3 Å². The molecule has 0 aliphatic carbocycles. The van der Waals surface area contributed by atoms with Crippen molar-refractivity contribution in [2.45, 2.75) is 6.42 Å². The Hall–Kier alpha value is 0.150. The molecule has 0 N–H and O–H groups in total. The second-order valence-electron chi connectivity index (χ2n) is 2.22. The number of rotatable bonds is 2. The molecule has 0 saturated heterocycles. The van der Waals surface area contributed by atoms with E-state index in [-0.39, 0.29) is 71.1 Å². The Labute approximate surface area is 131 Å². The Morgan fingerprint density at radius 2 is 1.80 bits per heavy atom. The third-order valence-electron chi connectivity index (χ3n) is 1.42. The molecule has 0 aliphatic heterocycles. The summed E-state index contributed by atoms with van der Waals surface area (Å²) in [5.41, 5.74) is -0.255. The number of ether oxygens (including phenoxy) is 1. The molecule has 0 radical (unpaired) electrons. The molecule has 0 atom stereocenters. The third kappa shape index (κ3) is 5.14. The fraction of sp³-hybridized carbons (Fsp3) is 0.286. The van der Waals surface area contributed by atoms with Crippen molar-refractivity contribution in [3.63, 3.8) is 0 Å². The molecule has 0 fully saturated rings. The summed E-state index contributed by atoms with van der Waals surface area (Å²) in [5, 5.41) is 21.9. The van der Waals surface area contributed by atoms with E-state index in [9.17, 15) is 15.0 Å². The maximum Gasteiger partial charge on any atom is 1.00 e. The summed E-state index contributed by atoms with van der Waals surface area (Å²) in [5.74, 6) is -2.13. The first-order valence-electron chi connectivity index (χ1n) is 3.40. The number of nitrogens with zero attached hydrogens (tertiary/aromatic N) is 2. The van der Waals surface area contributed by atoms with Gasteiger partial charge in [0.2, 0.25) is 0 Å². The Bertz CT molecular complexity index is 315. The SMILES string of the molecule is COC(=O)Cc1c([O-])ncnc1[O-].[Na+].[Na+]. The minimum absolute atomic E-state index is 0. The van der Waals surface area contributed by atoms with Crippen LogP contribution in [-0.2, 0) is 16.0 Å². The second-order valence-corrected chi connectivity index (χ2v) is 2.22. The largest absolute Gasteiger partial charge is 1.00 e. The molecule has 70 valence electrons. The summed E-state index contributed by atoms with van der Waals surface area (Å²) in [6.45, 7) is 0. The maximum atomic E-state index is 10.9. The summed E-state index contributed by atoms with van der Waals surface area (Å²) in [7, 11) is 1.17. The van der Waals surface area contributed by atoms with Crippen LogP contribution in [0.25, 0.3) is 0 Å². The number of hydrogen-bond donors (Lipinski definition) is 0. The summed E-state index contributed by atoms with van der Waals surface area (Å²) < 4.78 is 4.29. The maximum absolute atomic E-state index is 10.9. The van der Waals surface area contributed by atoms with Crippen LogP contribution >= 0.6 is 0 Å². The van der Waals surface area contributed by atoms with Crippen molar-refractivity contribution in [2.75, 3.05) is 7.11 Å². The first-order chi connectivity index (χ1) is 6.15. The van der Waals surface area contributed by atoms with Crippen molar-refractivity contribution in [3.8, 4) is 11.8 Å². The third-order valence-corrected chi connectivity index (χ3v) is 1.42. The fourth-order valence-corrected chi connectivity index (χ4v) is 0.749. The van der Waals surface area contributed by atoms with Crippen LogP contribution < -0.4 is 69.3 Å². The van der Waals surface area contributed by atoms with Gasteiger partial charge in [0.1, 0.15) is 6.33 Å². The van der Waals surface area contributed by atoms with Crippen molar-refractivity contribution < 1.29 is 78.9 Å². The van der Waals surface area contributed by atoms with Gasteiger partial charge in [0, 0.05) is 0 Å². The van der Waals surface area contributed by atoms with Crippen LogP contribution in [-0.4, -0.2) is 23.0 Å². The van der Waals surface area contributed by atoms with E-state index < -0.39 is 17.7 Å². The van der Waals surface area contributed by atoms with E-state index in [1.54, 1.807) is 0 Å². The van der Waals surface area contributed by atoms with Crippen molar-refractivity contribution in [3.05, 3.63) is 11.9 Å². The van der Waals surface area contributed by atoms with Crippen LogP contribution in [0.5, 0.6) is 11.8 Å². The number of carbonyl (C=O) groups is 1. The summed E-state index contributed by atoms with van der Waals surface area (Å²) in [6, 6.07) is 0. The van der Waals surface area contributed by atoms with Crippen LogP contribution in [0, 0.1) is 0 Å². The minimum atomic E-state index is -0.731. The van der Waals surface area contributed by atoms with Gasteiger partial charge in [-0.15, -0.1) is 0 Å². The second kappa shape index (κ2) is 8.32. The van der Waals surface area contributed by atoms with Gasteiger partial charge in [-0.25, -0.2) is 0 Å². The van der Waals surface area contributed by atoms with Gasteiger partial charge >= 0.3 is 65.1 Å². The minimum Gasteiger partial charge on any atom is -0.858 e. The normalized spacial score (nSPS) is 8.33. The van der Waals surface area contributed by atoms with E-state index in [1.165, 1.54) is 7.11 Å². The van der Waals surface area contributed by atoms with Crippen LogP contribution in [0.1, 0.15) is 5.56 Å². The van der Waals surface area contributed by atoms with Gasteiger partial charge in [-0.1, -0.05) is 0 Å². The summed E-state index contributed by atoms with van der Waals surface area (Å²) >= 11 is 0. The zero-order valence-corrected chi connectivity index (χ0v) is 12.8. The van der Waals surface area contributed by atoms with Crippen LogP contribution in [0.4, 0.5) is 0 Å². The number of carbonyl (C=O) groups excluding carboxylic acids is 1. The molecule has 0 bridgehead atoms. The Balaban J connectivity index is 0. The molecule has 1 aromatic rings. The molecule has 1 rings (SSSR count). The van der Waals surface area contributed by atoms with Gasteiger partial charge in [0.15, 0.2) is 0 Å². The average molecular weight is 228 g/mol. The Morgan fingerprint density at radius 3 is 2.20 bits per heavy atom. The predicted octanol–water partition coefficient (Wildman–Crippen LogP) is -7.65.